The number of pyridine rings is 1. The maximum Gasteiger partial charge on any atom is 0.225 e. The fraction of sp³-hybridized carbons (Fsp3) is 0.462. The summed E-state index contributed by atoms with van der Waals surface area (Å²) in [5, 5.41) is 0. The van der Waals surface area contributed by atoms with E-state index in [0.29, 0.717) is 24.5 Å². The largest absolute Gasteiger partial charge is 0.393 e. The van der Waals surface area contributed by atoms with Crippen molar-refractivity contribution in [2.75, 3.05) is 6.54 Å². The van der Waals surface area contributed by atoms with Crippen LogP contribution in [0.2, 0.25) is 0 Å². The van der Waals surface area contributed by atoms with Crippen molar-refractivity contribution in [1.82, 2.24) is 9.88 Å². The predicted octanol–water partition coefficient (Wildman–Crippen LogP) is 1.74. The quantitative estimate of drug-likeness (QED) is 0.796. The number of rotatable bonds is 6. The molecule has 0 fully saturated rings. The lowest BCUT2D eigenvalue weighted by atomic mass is 10.1. The Hall–Kier alpha value is -1.49. The van der Waals surface area contributed by atoms with E-state index in [1.807, 2.05) is 26.0 Å². The Balaban J connectivity index is 2.71. The summed E-state index contributed by atoms with van der Waals surface area (Å²) in [6, 6.07) is 3.81. The summed E-state index contributed by atoms with van der Waals surface area (Å²) in [7, 11) is 0. The van der Waals surface area contributed by atoms with E-state index in [1.165, 1.54) is 0 Å². The van der Waals surface area contributed by atoms with E-state index in [4.69, 9.17) is 18.0 Å². The Morgan fingerprint density at radius 3 is 2.56 bits per heavy atom. The fourth-order valence-corrected chi connectivity index (χ4v) is 1.68. The lowest BCUT2D eigenvalue weighted by molar-refractivity contribution is -0.135. The number of aromatic nitrogens is 1. The first-order valence-corrected chi connectivity index (χ1v) is 6.37. The molecule has 98 valence electrons. The van der Waals surface area contributed by atoms with Crippen LogP contribution in [0.15, 0.2) is 24.5 Å². The molecule has 1 aromatic heterocycles. The third-order valence-corrected chi connectivity index (χ3v) is 2.76. The van der Waals surface area contributed by atoms with Gasteiger partial charge in [0, 0.05) is 37.8 Å². The second-order valence-corrected chi connectivity index (χ2v) is 5.01. The molecule has 0 unspecified atom stereocenters. The van der Waals surface area contributed by atoms with Crippen molar-refractivity contribution < 1.29 is 4.79 Å². The van der Waals surface area contributed by atoms with Gasteiger partial charge in [-0.3, -0.25) is 9.78 Å². The third-order valence-electron chi connectivity index (χ3n) is 2.56. The zero-order valence-electron chi connectivity index (χ0n) is 10.8. The van der Waals surface area contributed by atoms with Gasteiger partial charge in [0.25, 0.3) is 0 Å². The summed E-state index contributed by atoms with van der Waals surface area (Å²) in [6.45, 7) is 4.92. The van der Waals surface area contributed by atoms with Gasteiger partial charge in [0.05, 0.1) is 4.99 Å². The molecule has 4 nitrogen and oxygen atoms in total. The highest BCUT2D eigenvalue weighted by molar-refractivity contribution is 7.80. The number of amides is 1. The Morgan fingerprint density at radius 2 is 2.06 bits per heavy atom. The minimum atomic E-state index is -0.0295. The Bertz CT molecular complexity index is 406. The topological polar surface area (TPSA) is 59.2 Å². The summed E-state index contributed by atoms with van der Waals surface area (Å²) in [5.41, 5.74) is 6.55. The van der Waals surface area contributed by atoms with Gasteiger partial charge in [-0.05, 0) is 17.7 Å². The summed E-state index contributed by atoms with van der Waals surface area (Å²) >= 11 is 4.86. The summed E-state index contributed by atoms with van der Waals surface area (Å²) < 4.78 is 0. The van der Waals surface area contributed by atoms with E-state index >= 15 is 0 Å². The predicted molar refractivity (Wildman–Crippen MR) is 75.9 cm³/mol. The highest BCUT2D eigenvalue weighted by Crippen LogP contribution is 2.09. The summed E-state index contributed by atoms with van der Waals surface area (Å²) in [4.78, 5) is 18.3. The molecule has 2 N–H and O–H groups in total. The molecule has 0 aliphatic rings. The number of carbonyl (C=O) groups excluding carboxylic acids is 1. The second kappa shape index (κ2) is 7.06. The van der Waals surface area contributed by atoms with Crippen LogP contribution in [-0.4, -0.2) is 27.3 Å². The monoisotopic (exact) mass is 265 g/mol. The van der Waals surface area contributed by atoms with Crippen LogP contribution in [0.4, 0.5) is 0 Å². The normalized spacial score (nSPS) is 10.4. The lowest BCUT2D eigenvalue weighted by Gasteiger charge is -2.24. The van der Waals surface area contributed by atoms with Crippen LogP contribution >= 0.6 is 12.2 Å². The van der Waals surface area contributed by atoms with Gasteiger partial charge in [-0.25, -0.2) is 0 Å². The fourth-order valence-electron chi connectivity index (χ4n) is 1.59. The molecule has 1 amide bonds. The number of thiocarbonyl (C=S) groups is 1. The average molecular weight is 265 g/mol. The molecule has 1 heterocycles. The van der Waals surface area contributed by atoms with E-state index < -0.39 is 0 Å². The van der Waals surface area contributed by atoms with E-state index in [9.17, 15) is 4.79 Å². The first kappa shape index (κ1) is 14.6. The van der Waals surface area contributed by atoms with Gasteiger partial charge in [0.1, 0.15) is 0 Å². The van der Waals surface area contributed by atoms with Gasteiger partial charge in [0.2, 0.25) is 5.91 Å². The minimum Gasteiger partial charge on any atom is -0.393 e. The van der Waals surface area contributed by atoms with Crippen molar-refractivity contribution in [2.24, 2.45) is 11.7 Å². The SMILES string of the molecule is CC(C)C(=O)N(CCC(N)=S)Cc1ccncc1. The van der Waals surface area contributed by atoms with Crippen LogP contribution in [0.25, 0.3) is 0 Å². The van der Waals surface area contributed by atoms with Crippen molar-refractivity contribution in [2.45, 2.75) is 26.8 Å². The molecule has 0 spiro atoms. The van der Waals surface area contributed by atoms with E-state index in [1.54, 1.807) is 17.3 Å². The molecule has 0 aliphatic heterocycles. The van der Waals surface area contributed by atoms with Crippen LogP contribution in [0.3, 0.4) is 0 Å². The van der Waals surface area contributed by atoms with E-state index in [-0.39, 0.29) is 11.8 Å². The average Bonchev–Trinajstić information content (AvgIpc) is 2.34. The standard InChI is InChI=1S/C13H19N3OS/c1-10(2)13(17)16(8-5-12(14)18)9-11-3-6-15-7-4-11/h3-4,6-7,10H,5,8-9H2,1-2H3,(H2,14,18). The second-order valence-electron chi connectivity index (χ2n) is 4.49. The maximum absolute atomic E-state index is 12.1. The molecule has 0 aliphatic carbocycles. The van der Waals surface area contributed by atoms with Crippen LogP contribution in [-0.2, 0) is 11.3 Å². The molecule has 0 bridgehead atoms. The van der Waals surface area contributed by atoms with Crippen molar-refractivity contribution in [3.8, 4) is 0 Å². The molecule has 18 heavy (non-hydrogen) atoms. The summed E-state index contributed by atoms with van der Waals surface area (Å²) in [6.07, 6.45) is 4.00. The smallest absolute Gasteiger partial charge is 0.225 e. The van der Waals surface area contributed by atoms with Crippen LogP contribution in [0, 0.1) is 5.92 Å². The summed E-state index contributed by atoms with van der Waals surface area (Å²) in [5.74, 6) is 0.0845. The third kappa shape index (κ3) is 4.79. The highest BCUT2D eigenvalue weighted by atomic mass is 32.1. The number of carbonyl (C=O) groups is 1. The number of nitrogens with zero attached hydrogens (tertiary/aromatic N) is 2. The van der Waals surface area contributed by atoms with Gasteiger partial charge in [-0.1, -0.05) is 26.1 Å². The van der Waals surface area contributed by atoms with E-state index in [0.717, 1.165) is 5.56 Å². The lowest BCUT2D eigenvalue weighted by Crippen LogP contribution is -2.36. The Kier molecular flexibility index (Phi) is 5.71. The molecule has 5 heteroatoms. The van der Waals surface area contributed by atoms with Gasteiger partial charge in [0.15, 0.2) is 0 Å². The molecule has 0 atom stereocenters. The molecular weight excluding hydrogens is 246 g/mol. The molecule has 1 rings (SSSR count). The zero-order valence-corrected chi connectivity index (χ0v) is 11.6. The first-order valence-electron chi connectivity index (χ1n) is 5.96. The number of hydrogen-bond donors (Lipinski definition) is 1. The molecule has 0 aromatic carbocycles. The van der Waals surface area contributed by atoms with Gasteiger partial charge >= 0.3 is 0 Å². The van der Waals surface area contributed by atoms with Crippen molar-refractivity contribution in [3.63, 3.8) is 0 Å². The van der Waals surface area contributed by atoms with Crippen LogP contribution < -0.4 is 5.73 Å². The van der Waals surface area contributed by atoms with Crippen molar-refractivity contribution in [1.29, 1.82) is 0 Å². The Morgan fingerprint density at radius 1 is 1.44 bits per heavy atom. The molecule has 0 saturated carbocycles. The van der Waals surface area contributed by atoms with Gasteiger partial charge in [-0.2, -0.15) is 0 Å². The molecule has 0 radical (unpaired) electrons. The van der Waals surface area contributed by atoms with Gasteiger partial charge in [-0.15, -0.1) is 0 Å². The van der Waals surface area contributed by atoms with E-state index in [2.05, 4.69) is 4.98 Å². The molecular formula is C13H19N3OS. The van der Waals surface area contributed by atoms with Crippen LogP contribution in [0.1, 0.15) is 25.8 Å². The zero-order chi connectivity index (χ0) is 13.5. The first-order chi connectivity index (χ1) is 8.50. The Labute approximate surface area is 113 Å². The van der Waals surface area contributed by atoms with Crippen LogP contribution in [0.5, 0.6) is 0 Å². The van der Waals surface area contributed by atoms with Crippen molar-refractivity contribution >= 4 is 23.1 Å². The number of nitrogens with two attached hydrogens (primary N) is 1. The highest BCUT2D eigenvalue weighted by Gasteiger charge is 2.17. The van der Waals surface area contributed by atoms with Gasteiger partial charge < -0.3 is 10.6 Å². The number of hydrogen-bond acceptors (Lipinski definition) is 3. The molecule has 0 saturated heterocycles. The minimum absolute atomic E-state index is 0.0295. The molecule has 1 aromatic rings. The maximum atomic E-state index is 12.1. The van der Waals surface area contributed by atoms with Crippen molar-refractivity contribution in [3.05, 3.63) is 30.1 Å².